The van der Waals surface area contributed by atoms with Crippen molar-refractivity contribution in [3.8, 4) is 0 Å². The van der Waals surface area contributed by atoms with Gasteiger partial charge in [0, 0.05) is 11.8 Å². The average Bonchev–Trinajstić information content (AvgIpc) is 2.40. The summed E-state index contributed by atoms with van der Waals surface area (Å²) in [6, 6.07) is 9.34. The third-order valence-electron chi connectivity index (χ3n) is 2.33. The smallest absolute Gasteiger partial charge is 0.304 e. The van der Waals surface area contributed by atoms with Crippen LogP contribution in [0.15, 0.2) is 47.1 Å². The molecule has 1 rings (SSSR count). The Labute approximate surface area is 121 Å². The predicted molar refractivity (Wildman–Crippen MR) is 83.3 cm³/mol. The second kappa shape index (κ2) is 8.15. The fourth-order valence-electron chi connectivity index (χ4n) is 1.58. The first kappa shape index (κ1) is 16.8. The fraction of sp³-hybridized carbons (Fsp3) is 0.400. The first-order valence-corrected chi connectivity index (χ1v) is 8.24. The molecule has 110 valence electrons. The fourth-order valence-corrected chi connectivity index (χ4v) is 3.24. The van der Waals surface area contributed by atoms with E-state index in [0.29, 0.717) is 18.7 Å². The van der Waals surface area contributed by atoms with E-state index in [0.717, 1.165) is 11.1 Å². The zero-order valence-electron chi connectivity index (χ0n) is 12.5. The molecule has 0 N–H and O–H groups in total. The van der Waals surface area contributed by atoms with Gasteiger partial charge in [-0.2, -0.15) is 0 Å². The van der Waals surface area contributed by atoms with Crippen LogP contribution in [0.5, 0.6) is 0 Å². The van der Waals surface area contributed by atoms with E-state index in [9.17, 15) is 4.57 Å². The van der Waals surface area contributed by atoms with Crippen molar-refractivity contribution in [1.29, 1.82) is 0 Å². The molecule has 0 fully saturated rings. The minimum absolute atomic E-state index is 0.304. The van der Waals surface area contributed by atoms with Gasteiger partial charge in [-0.25, -0.2) is 4.99 Å². The van der Waals surface area contributed by atoms with Gasteiger partial charge in [-0.15, -0.1) is 0 Å². The maximum absolute atomic E-state index is 12.9. The molecule has 0 amide bonds. The quantitative estimate of drug-likeness (QED) is 0.544. The van der Waals surface area contributed by atoms with Gasteiger partial charge in [0.25, 0.3) is 0 Å². The summed E-state index contributed by atoms with van der Waals surface area (Å²) in [5, 5.41) is 0. The van der Waals surface area contributed by atoms with Crippen LogP contribution < -0.4 is 0 Å². The molecule has 0 unspecified atom stereocenters. The Bertz CT molecular complexity index is 509. The lowest BCUT2D eigenvalue weighted by atomic mass is 10.2. The van der Waals surface area contributed by atoms with E-state index in [1.54, 1.807) is 20.0 Å². The largest absolute Gasteiger partial charge is 0.380 e. The first-order valence-electron chi connectivity index (χ1n) is 6.69. The third kappa shape index (κ3) is 4.71. The maximum atomic E-state index is 12.9. The van der Waals surface area contributed by atoms with Gasteiger partial charge in [0.2, 0.25) is 0 Å². The van der Waals surface area contributed by atoms with Crippen LogP contribution in [-0.2, 0) is 13.6 Å². The summed E-state index contributed by atoms with van der Waals surface area (Å²) < 4.78 is 23.7. The number of hydrogen-bond donors (Lipinski definition) is 0. The molecule has 4 nitrogen and oxygen atoms in total. The number of allylic oxidation sites excluding steroid dienone is 1. The van der Waals surface area contributed by atoms with Crippen molar-refractivity contribution < 1.29 is 13.6 Å². The van der Waals surface area contributed by atoms with Crippen molar-refractivity contribution in [2.24, 2.45) is 4.99 Å². The summed E-state index contributed by atoms with van der Waals surface area (Å²) in [5.74, 6) is 0. The second-order valence-corrected chi connectivity index (χ2v) is 6.29. The summed E-state index contributed by atoms with van der Waals surface area (Å²) in [7, 11) is -3.40. The van der Waals surface area contributed by atoms with Gasteiger partial charge in [0.1, 0.15) is 0 Å². The highest BCUT2D eigenvalue weighted by atomic mass is 31.2. The zero-order valence-corrected chi connectivity index (χ0v) is 13.4. The first-order chi connectivity index (χ1) is 9.53. The van der Waals surface area contributed by atoms with Gasteiger partial charge in [-0.1, -0.05) is 35.9 Å². The lowest BCUT2D eigenvalue weighted by molar-refractivity contribution is 0.232. The highest BCUT2D eigenvalue weighted by molar-refractivity contribution is 7.73. The molecule has 0 aliphatic heterocycles. The van der Waals surface area contributed by atoms with Crippen molar-refractivity contribution in [3.05, 3.63) is 47.7 Å². The van der Waals surface area contributed by atoms with E-state index in [1.165, 1.54) is 0 Å². The van der Waals surface area contributed by atoms with Crippen LogP contribution in [0.1, 0.15) is 33.3 Å². The van der Waals surface area contributed by atoms with Gasteiger partial charge in [-0.3, -0.25) is 4.57 Å². The van der Waals surface area contributed by atoms with E-state index in [1.807, 2.05) is 44.2 Å². The van der Waals surface area contributed by atoms with Crippen LogP contribution >= 0.6 is 7.60 Å². The van der Waals surface area contributed by atoms with Gasteiger partial charge in [0.15, 0.2) is 5.45 Å². The van der Waals surface area contributed by atoms with Crippen LogP contribution in [0.25, 0.3) is 0 Å². The van der Waals surface area contributed by atoms with E-state index in [4.69, 9.17) is 9.05 Å². The van der Waals surface area contributed by atoms with E-state index < -0.39 is 7.60 Å². The predicted octanol–water partition coefficient (Wildman–Crippen LogP) is 4.62. The number of nitrogens with zero attached hydrogens (tertiary/aromatic N) is 1. The Morgan fingerprint density at radius 1 is 1.15 bits per heavy atom. The Kier molecular flexibility index (Phi) is 6.86. The second-order valence-electron chi connectivity index (χ2n) is 4.36. The number of rotatable bonds is 7. The molecule has 0 aromatic heterocycles. The maximum Gasteiger partial charge on any atom is 0.380 e. The third-order valence-corrected chi connectivity index (χ3v) is 4.42. The van der Waals surface area contributed by atoms with Crippen molar-refractivity contribution >= 4 is 13.0 Å². The molecule has 20 heavy (non-hydrogen) atoms. The highest BCUT2D eigenvalue weighted by Crippen LogP contribution is 2.51. The summed E-state index contributed by atoms with van der Waals surface area (Å²) in [4.78, 5) is 4.34. The van der Waals surface area contributed by atoms with Gasteiger partial charge in [0.05, 0.1) is 13.2 Å². The molecule has 0 heterocycles. The lowest BCUT2D eigenvalue weighted by Crippen LogP contribution is -2.08. The number of benzene rings is 1. The molecule has 0 spiro atoms. The molecule has 1 aromatic rings. The van der Waals surface area contributed by atoms with Crippen molar-refractivity contribution in [3.63, 3.8) is 0 Å². The Balaban J connectivity index is 3.33. The molecule has 0 aliphatic rings. The molecule has 0 bridgehead atoms. The molecule has 0 aliphatic carbocycles. The monoisotopic (exact) mass is 295 g/mol. The summed E-state index contributed by atoms with van der Waals surface area (Å²) in [6.45, 7) is 8.04. The average molecular weight is 295 g/mol. The lowest BCUT2D eigenvalue weighted by Gasteiger charge is -2.18. The topological polar surface area (TPSA) is 47.9 Å². The Morgan fingerprint density at radius 2 is 1.70 bits per heavy atom. The van der Waals surface area contributed by atoms with Gasteiger partial charge >= 0.3 is 7.60 Å². The van der Waals surface area contributed by atoms with Gasteiger partial charge < -0.3 is 9.05 Å². The molecule has 0 saturated carbocycles. The molecular formula is C15H22NO3P. The summed E-state index contributed by atoms with van der Waals surface area (Å²) >= 11 is 0. The molecule has 0 radical (unpaired) electrons. The van der Waals surface area contributed by atoms with Crippen LogP contribution in [0, 0.1) is 0 Å². The number of aliphatic imine (C=N–C) groups is 1. The van der Waals surface area contributed by atoms with Crippen LogP contribution in [-0.4, -0.2) is 18.7 Å². The standard InChI is InChI=1S/C15H22NO3P/c1-5-18-20(17,19-6-2)15(16-12-13(3)4)14-10-8-7-9-11-14/h7-12H,5-6H2,1-4H3. The van der Waals surface area contributed by atoms with E-state index >= 15 is 0 Å². The summed E-state index contributed by atoms with van der Waals surface area (Å²) in [5.41, 5.74) is 2.11. The van der Waals surface area contributed by atoms with Gasteiger partial charge in [-0.05, 0) is 27.7 Å². The van der Waals surface area contributed by atoms with Crippen LogP contribution in [0.2, 0.25) is 0 Å². The van der Waals surface area contributed by atoms with Crippen molar-refractivity contribution in [1.82, 2.24) is 0 Å². The highest BCUT2D eigenvalue weighted by Gasteiger charge is 2.32. The SMILES string of the molecule is CCOP(=O)(OCC)C(=NC=C(C)C)c1ccccc1. The van der Waals surface area contributed by atoms with Crippen molar-refractivity contribution in [2.45, 2.75) is 27.7 Å². The van der Waals surface area contributed by atoms with E-state index in [2.05, 4.69) is 4.99 Å². The Morgan fingerprint density at radius 3 is 2.15 bits per heavy atom. The molecule has 1 aromatic carbocycles. The summed E-state index contributed by atoms with van der Waals surface area (Å²) in [6.07, 6.45) is 1.67. The minimum atomic E-state index is -3.40. The normalized spacial score (nSPS) is 12.3. The molecule has 0 saturated heterocycles. The molecule has 5 heteroatoms. The van der Waals surface area contributed by atoms with Crippen LogP contribution in [0.3, 0.4) is 0 Å². The minimum Gasteiger partial charge on any atom is -0.304 e. The molecule has 0 atom stereocenters. The Hall–Kier alpha value is -1.22. The zero-order chi connectivity index (χ0) is 15.0. The molecular weight excluding hydrogens is 273 g/mol. The van der Waals surface area contributed by atoms with Crippen molar-refractivity contribution in [2.75, 3.05) is 13.2 Å². The van der Waals surface area contributed by atoms with Crippen LogP contribution in [0.4, 0.5) is 0 Å². The number of hydrogen-bond acceptors (Lipinski definition) is 4. The van der Waals surface area contributed by atoms with E-state index in [-0.39, 0.29) is 0 Å².